The number of imide groups is 1. The third kappa shape index (κ3) is 5.61. The van der Waals surface area contributed by atoms with E-state index in [0.717, 1.165) is 22.2 Å². The van der Waals surface area contributed by atoms with Gasteiger partial charge in [0.25, 0.3) is 16.8 Å². The second kappa shape index (κ2) is 10.9. The van der Waals surface area contributed by atoms with Crippen molar-refractivity contribution in [1.82, 2.24) is 4.90 Å². The summed E-state index contributed by atoms with van der Waals surface area (Å²) in [6.45, 7) is -0.104. The Kier molecular flexibility index (Phi) is 7.45. The van der Waals surface area contributed by atoms with Crippen LogP contribution in [0.2, 0.25) is 0 Å². The molecule has 1 heterocycles. The fraction of sp³-hybridized carbons (Fsp3) is 0.115. The number of amides is 2. The molecule has 1 saturated heterocycles. The second-order valence-corrected chi connectivity index (χ2v) is 8.67. The number of rotatable bonds is 9. The molecule has 1 aliphatic heterocycles. The molecular weight excluding hydrogens is 484 g/mol. The molecule has 0 spiro atoms. The summed E-state index contributed by atoms with van der Waals surface area (Å²) in [6, 6.07) is 19.8. The lowest BCUT2D eigenvalue weighted by molar-refractivity contribution is -0.384. The molecule has 9 nitrogen and oxygen atoms in total. The van der Waals surface area contributed by atoms with Crippen LogP contribution in [0.1, 0.15) is 21.5 Å². The first-order chi connectivity index (χ1) is 17.4. The minimum atomic E-state index is -0.594. The molecule has 36 heavy (non-hydrogen) atoms. The van der Waals surface area contributed by atoms with E-state index >= 15 is 0 Å². The molecule has 0 aliphatic carbocycles. The predicted molar refractivity (Wildman–Crippen MR) is 134 cm³/mol. The molecule has 3 aromatic carbocycles. The van der Waals surface area contributed by atoms with Gasteiger partial charge >= 0.3 is 0 Å². The summed E-state index contributed by atoms with van der Waals surface area (Å²) in [7, 11) is 1.51. The van der Waals surface area contributed by atoms with E-state index in [4.69, 9.17) is 9.47 Å². The molecular formula is C26H20N2O7S. The SMILES string of the molecule is COc1cc(/C=C2/SC(=O)N(CC(=O)c3ccc([N+](=O)[O-])cc3)C2=O)ccc1OCc1ccccc1. The fourth-order valence-electron chi connectivity index (χ4n) is 3.42. The highest BCUT2D eigenvalue weighted by Gasteiger charge is 2.36. The van der Waals surface area contributed by atoms with Crippen LogP contribution in [-0.4, -0.2) is 40.4 Å². The van der Waals surface area contributed by atoms with Crippen LogP contribution in [-0.2, 0) is 11.4 Å². The van der Waals surface area contributed by atoms with Crippen LogP contribution in [0.5, 0.6) is 11.5 Å². The highest BCUT2D eigenvalue weighted by molar-refractivity contribution is 8.18. The van der Waals surface area contributed by atoms with Gasteiger partial charge in [0.2, 0.25) is 0 Å². The number of benzene rings is 3. The van der Waals surface area contributed by atoms with Crippen molar-refractivity contribution in [2.45, 2.75) is 6.61 Å². The summed E-state index contributed by atoms with van der Waals surface area (Å²) in [5, 5.41) is 10.2. The topological polar surface area (TPSA) is 116 Å². The quantitative estimate of drug-likeness (QED) is 0.171. The maximum atomic E-state index is 12.8. The lowest BCUT2D eigenvalue weighted by atomic mass is 10.1. The van der Waals surface area contributed by atoms with Gasteiger partial charge < -0.3 is 9.47 Å². The van der Waals surface area contributed by atoms with Crippen LogP contribution in [0.3, 0.4) is 0 Å². The molecule has 1 aliphatic rings. The van der Waals surface area contributed by atoms with Crippen molar-refractivity contribution in [1.29, 1.82) is 0 Å². The number of nitrogens with zero attached hydrogens (tertiary/aromatic N) is 2. The highest BCUT2D eigenvalue weighted by Crippen LogP contribution is 2.35. The Labute approximate surface area is 210 Å². The zero-order chi connectivity index (χ0) is 25.7. The van der Waals surface area contributed by atoms with E-state index in [9.17, 15) is 24.5 Å². The van der Waals surface area contributed by atoms with E-state index in [-0.39, 0.29) is 16.2 Å². The average molecular weight is 505 g/mol. The van der Waals surface area contributed by atoms with Crippen LogP contribution in [0, 0.1) is 10.1 Å². The summed E-state index contributed by atoms with van der Waals surface area (Å²) in [6.07, 6.45) is 1.55. The van der Waals surface area contributed by atoms with Gasteiger partial charge in [0, 0.05) is 17.7 Å². The van der Waals surface area contributed by atoms with Crippen molar-refractivity contribution in [3.05, 3.63) is 105 Å². The van der Waals surface area contributed by atoms with E-state index in [1.807, 2.05) is 30.3 Å². The first kappa shape index (κ1) is 24.7. The van der Waals surface area contributed by atoms with Crippen LogP contribution in [0.4, 0.5) is 10.5 Å². The van der Waals surface area contributed by atoms with Gasteiger partial charge in [-0.2, -0.15) is 0 Å². The van der Waals surface area contributed by atoms with Gasteiger partial charge in [-0.3, -0.25) is 29.4 Å². The van der Waals surface area contributed by atoms with E-state index in [0.29, 0.717) is 23.7 Å². The number of non-ortho nitro benzene ring substituents is 1. The Morgan fingerprint density at radius 3 is 2.42 bits per heavy atom. The van der Waals surface area contributed by atoms with E-state index < -0.39 is 28.4 Å². The Morgan fingerprint density at radius 2 is 1.75 bits per heavy atom. The Bertz CT molecular complexity index is 1350. The van der Waals surface area contributed by atoms with E-state index in [1.54, 1.807) is 24.3 Å². The highest BCUT2D eigenvalue weighted by atomic mass is 32.2. The zero-order valence-electron chi connectivity index (χ0n) is 19.1. The molecule has 0 saturated carbocycles. The second-order valence-electron chi connectivity index (χ2n) is 7.68. The Morgan fingerprint density at radius 1 is 1.03 bits per heavy atom. The van der Waals surface area contributed by atoms with E-state index in [1.165, 1.54) is 31.4 Å². The third-order valence-electron chi connectivity index (χ3n) is 5.30. The Balaban J connectivity index is 1.45. The normalized spacial score (nSPS) is 14.2. The number of nitro benzene ring substituents is 1. The number of hydrogen-bond acceptors (Lipinski definition) is 8. The lowest BCUT2D eigenvalue weighted by Gasteiger charge is -2.12. The number of ketones is 1. The molecule has 3 aromatic rings. The van der Waals surface area contributed by atoms with E-state index in [2.05, 4.69) is 0 Å². The molecule has 2 amide bonds. The number of nitro groups is 1. The molecule has 0 aromatic heterocycles. The van der Waals surface area contributed by atoms with Crippen molar-refractivity contribution in [2.75, 3.05) is 13.7 Å². The first-order valence-electron chi connectivity index (χ1n) is 10.7. The minimum Gasteiger partial charge on any atom is -0.493 e. The van der Waals surface area contributed by atoms with Gasteiger partial charge in [0.15, 0.2) is 17.3 Å². The number of Topliss-reactive ketones (excluding diaryl/α,β-unsaturated/α-hetero) is 1. The molecule has 182 valence electrons. The molecule has 10 heteroatoms. The van der Waals surface area contributed by atoms with Crippen LogP contribution >= 0.6 is 11.8 Å². The summed E-state index contributed by atoms with van der Waals surface area (Å²) in [5.41, 5.74) is 1.62. The molecule has 0 atom stereocenters. The Hall–Kier alpha value is -4.44. The largest absolute Gasteiger partial charge is 0.493 e. The standard InChI is InChI=1S/C26H20N2O7S/c1-34-23-13-18(7-12-22(23)35-16-17-5-3-2-4-6-17)14-24-25(30)27(26(31)36-24)15-21(29)19-8-10-20(11-9-19)28(32)33/h2-14H,15-16H2,1H3/b24-14+. The van der Waals surface area contributed by atoms with Crippen molar-refractivity contribution in [3.8, 4) is 11.5 Å². The van der Waals surface area contributed by atoms with Crippen LogP contribution in [0.15, 0.2) is 77.7 Å². The summed E-state index contributed by atoms with van der Waals surface area (Å²) in [5.74, 6) is -0.105. The minimum absolute atomic E-state index is 0.160. The number of thioether (sulfide) groups is 1. The van der Waals surface area contributed by atoms with Gasteiger partial charge in [0.1, 0.15) is 6.61 Å². The number of methoxy groups -OCH3 is 1. The van der Waals surface area contributed by atoms with Crippen LogP contribution in [0.25, 0.3) is 6.08 Å². The zero-order valence-corrected chi connectivity index (χ0v) is 19.9. The predicted octanol–water partition coefficient (Wildman–Crippen LogP) is 5.10. The van der Waals surface area contributed by atoms with Gasteiger partial charge in [-0.1, -0.05) is 36.4 Å². The number of ether oxygens (including phenoxy) is 2. The van der Waals surface area contributed by atoms with Gasteiger partial charge in [-0.15, -0.1) is 0 Å². The van der Waals surface area contributed by atoms with Crippen molar-refractivity contribution in [2.24, 2.45) is 0 Å². The monoisotopic (exact) mass is 504 g/mol. The van der Waals surface area contributed by atoms with Gasteiger partial charge in [0.05, 0.1) is 23.5 Å². The first-order valence-corrected chi connectivity index (χ1v) is 11.5. The summed E-state index contributed by atoms with van der Waals surface area (Å²) >= 11 is 0.730. The number of carbonyl (C=O) groups excluding carboxylic acids is 3. The smallest absolute Gasteiger partial charge is 0.293 e. The maximum Gasteiger partial charge on any atom is 0.293 e. The van der Waals surface area contributed by atoms with Gasteiger partial charge in [-0.25, -0.2) is 0 Å². The number of hydrogen-bond donors (Lipinski definition) is 0. The van der Waals surface area contributed by atoms with Crippen molar-refractivity contribution in [3.63, 3.8) is 0 Å². The van der Waals surface area contributed by atoms with Crippen molar-refractivity contribution >= 4 is 40.5 Å². The maximum absolute atomic E-state index is 12.8. The van der Waals surface area contributed by atoms with Gasteiger partial charge in [-0.05, 0) is 53.2 Å². The molecule has 1 fully saturated rings. The molecule has 0 unspecified atom stereocenters. The molecule has 4 rings (SSSR count). The average Bonchev–Trinajstić information content (AvgIpc) is 3.15. The summed E-state index contributed by atoms with van der Waals surface area (Å²) < 4.78 is 11.3. The molecule has 0 radical (unpaired) electrons. The lowest BCUT2D eigenvalue weighted by Crippen LogP contribution is -2.33. The summed E-state index contributed by atoms with van der Waals surface area (Å²) in [4.78, 5) is 49.0. The fourth-order valence-corrected chi connectivity index (χ4v) is 4.26. The number of carbonyl (C=O) groups is 3. The third-order valence-corrected chi connectivity index (χ3v) is 6.21. The molecule has 0 bridgehead atoms. The molecule has 0 N–H and O–H groups in total. The van der Waals surface area contributed by atoms with Crippen LogP contribution < -0.4 is 9.47 Å². The van der Waals surface area contributed by atoms with Crippen molar-refractivity contribution < 1.29 is 28.8 Å².